The fraction of sp³-hybridized carbons (Fsp3) is 0.185. The van der Waals surface area contributed by atoms with Gasteiger partial charge in [-0.05, 0) is 24.6 Å². The van der Waals surface area contributed by atoms with Crippen LogP contribution in [0.5, 0.6) is 0 Å². The largest absolute Gasteiger partial charge is 0.468 e. The van der Waals surface area contributed by atoms with Crippen LogP contribution in [0.2, 0.25) is 0 Å². The highest BCUT2D eigenvalue weighted by molar-refractivity contribution is 7.89. The second kappa shape index (κ2) is 12.2. The van der Waals surface area contributed by atoms with Gasteiger partial charge in [0.15, 0.2) is 5.92 Å². The van der Waals surface area contributed by atoms with Crippen molar-refractivity contribution in [2.45, 2.75) is 17.7 Å². The average Bonchev–Trinajstić information content (AvgIpc) is 2.92. The summed E-state index contributed by atoms with van der Waals surface area (Å²) in [5.41, 5.74) is 1.11. The van der Waals surface area contributed by atoms with Gasteiger partial charge in [-0.25, -0.2) is 8.42 Å². The third-order valence-electron chi connectivity index (χ3n) is 5.74. The fourth-order valence-electron chi connectivity index (χ4n) is 3.78. The third kappa shape index (κ3) is 6.62. The van der Waals surface area contributed by atoms with Crippen molar-refractivity contribution in [3.8, 4) is 0 Å². The van der Waals surface area contributed by atoms with E-state index in [-0.39, 0.29) is 21.8 Å². The maximum absolute atomic E-state index is 13.3. The Morgan fingerprint density at radius 1 is 0.921 bits per heavy atom. The summed E-state index contributed by atoms with van der Waals surface area (Å²) in [4.78, 5) is 36.3. The molecule has 0 aliphatic heterocycles. The first-order valence-electron chi connectivity index (χ1n) is 11.3. The van der Waals surface area contributed by atoms with Crippen LogP contribution in [0.1, 0.15) is 22.6 Å². The minimum atomic E-state index is -4.18. The van der Waals surface area contributed by atoms with Gasteiger partial charge in [-0.3, -0.25) is 24.4 Å². The molecule has 0 aliphatic rings. The van der Waals surface area contributed by atoms with Crippen molar-refractivity contribution < 1.29 is 32.4 Å². The molecule has 0 fully saturated rings. The van der Waals surface area contributed by atoms with Crippen LogP contribution in [-0.2, 0) is 29.1 Å². The van der Waals surface area contributed by atoms with E-state index in [1.807, 2.05) is 6.92 Å². The number of ether oxygens (including phenoxy) is 2. The van der Waals surface area contributed by atoms with Crippen LogP contribution in [0.3, 0.4) is 0 Å². The quantitative estimate of drug-likeness (QED) is 0.177. The topological polar surface area (TPSA) is 142 Å². The maximum atomic E-state index is 13.3. The highest BCUT2D eigenvalue weighted by Gasteiger charge is 2.37. The smallest absolute Gasteiger partial charge is 0.321 e. The molecule has 3 aromatic rings. The first-order chi connectivity index (χ1) is 18.1. The van der Waals surface area contributed by atoms with E-state index in [1.165, 1.54) is 42.5 Å². The highest BCUT2D eigenvalue weighted by atomic mass is 32.2. The molecule has 0 spiro atoms. The van der Waals surface area contributed by atoms with Gasteiger partial charge in [0.05, 0.1) is 29.7 Å². The first-order valence-corrected chi connectivity index (χ1v) is 12.8. The summed E-state index contributed by atoms with van der Waals surface area (Å²) in [7, 11) is -1.95. The lowest BCUT2D eigenvalue weighted by Gasteiger charge is -2.23. The maximum Gasteiger partial charge on any atom is 0.321 e. The van der Waals surface area contributed by atoms with Gasteiger partial charge in [0.2, 0.25) is 0 Å². The number of nitrogens with zero attached hydrogens (tertiary/aromatic N) is 1. The van der Waals surface area contributed by atoms with E-state index >= 15 is 0 Å². The van der Waals surface area contributed by atoms with Crippen molar-refractivity contribution in [2.75, 3.05) is 14.2 Å². The molecular weight excluding hydrogens is 512 g/mol. The number of methoxy groups -OCH3 is 2. The van der Waals surface area contributed by atoms with Crippen LogP contribution in [0.15, 0.2) is 89.8 Å². The number of hydrogen-bond donors (Lipinski definition) is 1. The van der Waals surface area contributed by atoms with Gasteiger partial charge in [0.25, 0.3) is 15.7 Å². The van der Waals surface area contributed by atoms with Gasteiger partial charge in [0, 0.05) is 23.6 Å². The molecule has 0 bridgehead atoms. The van der Waals surface area contributed by atoms with Gasteiger partial charge in [-0.1, -0.05) is 66.2 Å². The Bertz CT molecular complexity index is 1440. The summed E-state index contributed by atoms with van der Waals surface area (Å²) < 4.78 is 38.9. The normalized spacial score (nSPS) is 12.5. The van der Waals surface area contributed by atoms with Crippen molar-refractivity contribution in [2.24, 2.45) is 5.92 Å². The summed E-state index contributed by atoms with van der Waals surface area (Å²) in [6, 6.07) is 19.8. The number of aryl methyl sites for hydroxylation is 1. The molecule has 0 unspecified atom stereocenters. The Hall–Kier alpha value is -4.51. The number of carbonyl (C=O) groups excluding carboxylic acids is 2. The number of nitro groups is 1. The fourth-order valence-corrected chi connectivity index (χ4v) is 4.87. The zero-order valence-corrected chi connectivity index (χ0v) is 21.7. The number of benzene rings is 3. The van der Waals surface area contributed by atoms with E-state index in [2.05, 4.69) is 4.72 Å². The van der Waals surface area contributed by atoms with E-state index in [0.29, 0.717) is 5.56 Å². The second-order valence-electron chi connectivity index (χ2n) is 8.27. The standard InChI is InChI=1S/C27H26N2O8S/c1-18-12-14-22(15-13-18)38(34,35)28-24(20-10-7-11-21(16-20)29(32)33)17-23(19-8-5-4-6-9-19)25(26(30)36-2)27(31)37-3/h4-17,23,25,28H,1-3H3/b24-17+/t23-/m0/s1. The molecule has 38 heavy (non-hydrogen) atoms. The van der Waals surface area contributed by atoms with E-state index < -0.39 is 38.7 Å². The number of esters is 2. The van der Waals surface area contributed by atoms with E-state index in [1.54, 1.807) is 42.5 Å². The Morgan fingerprint density at radius 3 is 2.08 bits per heavy atom. The molecule has 1 atom stereocenters. The predicted molar refractivity (Wildman–Crippen MR) is 139 cm³/mol. The minimum absolute atomic E-state index is 0.0480. The van der Waals surface area contributed by atoms with Crippen molar-refractivity contribution >= 4 is 33.3 Å². The number of nitro benzene ring substituents is 1. The molecule has 3 rings (SSSR count). The van der Waals surface area contributed by atoms with Gasteiger partial charge in [-0.15, -0.1) is 0 Å². The van der Waals surface area contributed by atoms with Gasteiger partial charge < -0.3 is 9.47 Å². The molecule has 0 radical (unpaired) electrons. The van der Waals surface area contributed by atoms with Crippen LogP contribution in [0.4, 0.5) is 5.69 Å². The third-order valence-corrected chi connectivity index (χ3v) is 7.13. The van der Waals surface area contributed by atoms with Crippen LogP contribution < -0.4 is 4.72 Å². The Kier molecular flexibility index (Phi) is 8.98. The number of hydrogen-bond acceptors (Lipinski definition) is 8. The molecule has 0 aromatic heterocycles. The van der Waals surface area contributed by atoms with Crippen molar-refractivity contribution in [1.29, 1.82) is 0 Å². The van der Waals surface area contributed by atoms with Crippen molar-refractivity contribution in [3.05, 3.63) is 112 Å². The van der Waals surface area contributed by atoms with Crippen LogP contribution in [-0.4, -0.2) is 39.5 Å². The number of carbonyl (C=O) groups is 2. The van der Waals surface area contributed by atoms with Crippen molar-refractivity contribution in [3.63, 3.8) is 0 Å². The SMILES string of the molecule is COC(=O)C(C(=O)OC)[C@@H](/C=C(/NS(=O)(=O)c1ccc(C)cc1)c1cccc([N+](=O)[O-])c1)c1ccccc1. The number of sulfonamides is 1. The molecule has 0 saturated heterocycles. The molecule has 11 heteroatoms. The van der Waals surface area contributed by atoms with Crippen LogP contribution in [0, 0.1) is 23.0 Å². The van der Waals surface area contributed by atoms with Crippen molar-refractivity contribution in [1.82, 2.24) is 4.72 Å². The van der Waals surface area contributed by atoms with E-state index in [4.69, 9.17) is 9.47 Å². The highest BCUT2D eigenvalue weighted by Crippen LogP contribution is 2.32. The zero-order chi connectivity index (χ0) is 27.9. The molecular formula is C27H26N2O8S. The predicted octanol–water partition coefficient (Wildman–Crippen LogP) is 3.97. The molecule has 0 amide bonds. The number of nitrogens with one attached hydrogen (secondary N) is 1. The summed E-state index contributed by atoms with van der Waals surface area (Å²) in [5.74, 6) is -4.36. The molecule has 0 saturated carbocycles. The molecule has 0 heterocycles. The Morgan fingerprint density at radius 2 is 1.53 bits per heavy atom. The second-order valence-corrected chi connectivity index (χ2v) is 9.95. The zero-order valence-electron chi connectivity index (χ0n) is 20.9. The monoisotopic (exact) mass is 538 g/mol. The Balaban J connectivity index is 2.27. The molecule has 0 aliphatic carbocycles. The van der Waals surface area contributed by atoms with Crippen LogP contribution >= 0.6 is 0 Å². The lowest BCUT2D eigenvalue weighted by molar-refractivity contribution is -0.384. The minimum Gasteiger partial charge on any atom is -0.468 e. The van der Waals surface area contributed by atoms with Gasteiger partial charge in [0.1, 0.15) is 0 Å². The summed E-state index contributed by atoms with van der Waals surface area (Å²) >= 11 is 0. The summed E-state index contributed by atoms with van der Waals surface area (Å²) in [6.45, 7) is 1.81. The van der Waals surface area contributed by atoms with E-state index in [0.717, 1.165) is 19.8 Å². The first kappa shape index (κ1) is 28.1. The number of rotatable bonds is 10. The molecule has 3 aromatic carbocycles. The number of allylic oxidation sites excluding steroid dienone is 1. The molecule has 10 nitrogen and oxygen atoms in total. The summed E-state index contributed by atoms with van der Waals surface area (Å²) in [5, 5.41) is 11.4. The lowest BCUT2D eigenvalue weighted by Crippen LogP contribution is -2.32. The molecule has 198 valence electrons. The average molecular weight is 539 g/mol. The lowest BCUT2D eigenvalue weighted by atomic mass is 9.84. The number of non-ortho nitro benzene ring substituents is 1. The van der Waals surface area contributed by atoms with Crippen LogP contribution in [0.25, 0.3) is 5.70 Å². The molecule has 1 N–H and O–H groups in total. The van der Waals surface area contributed by atoms with Gasteiger partial charge >= 0.3 is 11.9 Å². The van der Waals surface area contributed by atoms with Gasteiger partial charge in [-0.2, -0.15) is 0 Å². The summed E-state index contributed by atoms with van der Waals surface area (Å²) in [6.07, 6.45) is 1.36. The van der Waals surface area contributed by atoms with E-state index in [9.17, 15) is 28.1 Å². The Labute approximate surface area is 220 Å².